The van der Waals surface area contributed by atoms with Crippen LogP contribution in [-0.4, -0.2) is 72.4 Å². The Hall–Kier alpha value is -3.57. The van der Waals surface area contributed by atoms with E-state index in [1.54, 1.807) is 25.5 Å². The zero-order valence-corrected chi connectivity index (χ0v) is 20.7. The Morgan fingerprint density at radius 1 is 1.14 bits per heavy atom. The van der Waals surface area contributed by atoms with E-state index in [1.165, 1.54) is 6.07 Å². The third-order valence-electron chi connectivity index (χ3n) is 8.10. The molecule has 4 aliphatic rings. The summed E-state index contributed by atoms with van der Waals surface area (Å²) in [5.74, 6) is 1.59. The number of anilines is 3. The predicted molar refractivity (Wildman–Crippen MR) is 137 cm³/mol. The van der Waals surface area contributed by atoms with Crippen LogP contribution in [0.3, 0.4) is 0 Å². The SMILES string of the molecule is CNc1cc(F)cc2c1Cc1nc(Oc3cnc(N4CCOCC4)nc3)nc(N3CCC4(CC4N)C3)c1-2. The largest absolute Gasteiger partial charge is 0.421 e. The van der Waals surface area contributed by atoms with Crippen LogP contribution in [0.25, 0.3) is 11.1 Å². The highest BCUT2D eigenvalue weighted by atomic mass is 19.1. The molecule has 0 bridgehead atoms. The van der Waals surface area contributed by atoms with Gasteiger partial charge in [-0.15, -0.1) is 0 Å². The number of ether oxygens (including phenoxy) is 2. The van der Waals surface area contributed by atoms with Gasteiger partial charge in [-0.1, -0.05) is 0 Å². The number of morpholine rings is 1. The van der Waals surface area contributed by atoms with E-state index in [0.717, 1.165) is 72.9 Å². The number of nitrogens with one attached hydrogen (secondary N) is 1. The standard InChI is InChI=1S/C26H29FN8O2/c1-29-19-9-15(27)8-18-17(19)10-20-22(18)23(35-3-2-26(14-35)11-21(26)28)33-25(32-20)37-16-12-30-24(31-13-16)34-4-6-36-7-5-34/h8-9,12-13,21,29H,2-7,10-11,14,28H2,1H3. The van der Waals surface area contributed by atoms with Crippen LogP contribution in [0.2, 0.25) is 0 Å². The molecule has 2 aliphatic heterocycles. The van der Waals surface area contributed by atoms with Crippen molar-refractivity contribution in [3.63, 3.8) is 0 Å². The Balaban J connectivity index is 1.24. The number of aromatic nitrogens is 4. The molecule has 2 atom stereocenters. The Labute approximate surface area is 214 Å². The lowest BCUT2D eigenvalue weighted by Gasteiger charge is -2.26. The third-order valence-corrected chi connectivity index (χ3v) is 8.10. The molecule has 10 nitrogen and oxygen atoms in total. The van der Waals surface area contributed by atoms with Crippen molar-refractivity contribution in [2.45, 2.75) is 25.3 Å². The Bertz CT molecular complexity index is 1360. The van der Waals surface area contributed by atoms with Crippen molar-refractivity contribution in [2.24, 2.45) is 11.1 Å². The second-order valence-electron chi connectivity index (χ2n) is 10.3. The smallest absolute Gasteiger partial charge is 0.324 e. The maximum Gasteiger partial charge on any atom is 0.324 e. The lowest BCUT2D eigenvalue weighted by atomic mass is 10.0. The molecule has 4 heterocycles. The van der Waals surface area contributed by atoms with Gasteiger partial charge < -0.3 is 30.3 Å². The van der Waals surface area contributed by atoms with Gasteiger partial charge in [-0.3, -0.25) is 0 Å². The number of benzene rings is 1. The van der Waals surface area contributed by atoms with Crippen LogP contribution in [0.4, 0.5) is 21.8 Å². The van der Waals surface area contributed by atoms with Crippen LogP contribution in [0.1, 0.15) is 24.1 Å². The number of nitrogens with zero attached hydrogens (tertiary/aromatic N) is 6. The molecule has 2 unspecified atom stereocenters. The number of rotatable bonds is 5. The molecular formula is C26H29FN8O2. The van der Waals surface area contributed by atoms with Gasteiger partial charge in [-0.25, -0.2) is 14.4 Å². The second-order valence-corrected chi connectivity index (χ2v) is 10.3. The molecule has 2 aliphatic carbocycles. The van der Waals surface area contributed by atoms with Crippen molar-refractivity contribution < 1.29 is 13.9 Å². The molecule has 1 aromatic carbocycles. The fraction of sp³-hybridized carbons (Fsp3) is 0.462. The van der Waals surface area contributed by atoms with E-state index in [9.17, 15) is 4.39 Å². The number of halogens is 1. The van der Waals surface area contributed by atoms with Crippen LogP contribution >= 0.6 is 0 Å². The molecule has 3 N–H and O–H groups in total. The van der Waals surface area contributed by atoms with E-state index in [2.05, 4.69) is 25.1 Å². The summed E-state index contributed by atoms with van der Waals surface area (Å²) in [5, 5.41) is 3.13. The highest BCUT2D eigenvalue weighted by Crippen LogP contribution is 2.54. The molecule has 7 rings (SSSR count). The van der Waals surface area contributed by atoms with E-state index >= 15 is 0 Å². The van der Waals surface area contributed by atoms with Crippen LogP contribution in [0.5, 0.6) is 11.8 Å². The minimum absolute atomic E-state index is 0.154. The first-order valence-corrected chi connectivity index (χ1v) is 12.8. The predicted octanol–water partition coefficient (Wildman–Crippen LogP) is 2.58. The van der Waals surface area contributed by atoms with Gasteiger partial charge in [-0.2, -0.15) is 9.97 Å². The summed E-state index contributed by atoms with van der Waals surface area (Å²) in [4.78, 5) is 22.9. The molecule has 1 spiro atoms. The fourth-order valence-electron chi connectivity index (χ4n) is 5.91. The topological polar surface area (TPSA) is 115 Å². The van der Waals surface area contributed by atoms with Crippen LogP contribution in [0.15, 0.2) is 24.5 Å². The van der Waals surface area contributed by atoms with Gasteiger partial charge in [0.05, 0.1) is 31.3 Å². The first kappa shape index (κ1) is 22.6. The summed E-state index contributed by atoms with van der Waals surface area (Å²) in [5.41, 5.74) is 10.7. The minimum Gasteiger partial charge on any atom is -0.421 e. The molecule has 192 valence electrons. The molecule has 3 fully saturated rings. The van der Waals surface area contributed by atoms with Gasteiger partial charge >= 0.3 is 6.01 Å². The zero-order chi connectivity index (χ0) is 25.1. The molecule has 1 saturated carbocycles. The van der Waals surface area contributed by atoms with E-state index < -0.39 is 0 Å². The van der Waals surface area contributed by atoms with Crippen molar-refractivity contribution >= 4 is 17.5 Å². The second kappa shape index (κ2) is 8.49. The molecular weight excluding hydrogens is 475 g/mol. The molecule has 11 heteroatoms. The van der Waals surface area contributed by atoms with Crippen LogP contribution in [0, 0.1) is 11.2 Å². The quantitative estimate of drug-likeness (QED) is 0.420. The number of nitrogens with two attached hydrogens (primary N) is 1. The molecule has 0 radical (unpaired) electrons. The fourth-order valence-corrected chi connectivity index (χ4v) is 5.91. The van der Waals surface area contributed by atoms with Gasteiger partial charge in [0, 0.05) is 62.4 Å². The summed E-state index contributed by atoms with van der Waals surface area (Å²) in [6.07, 6.45) is 5.91. The van der Waals surface area contributed by atoms with Crippen LogP contribution < -0.4 is 25.6 Å². The molecule has 0 amide bonds. The first-order valence-electron chi connectivity index (χ1n) is 12.8. The van der Waals surface area contributed by atoms with Crippen molar-refractivity contribution in [3.8, 4) is 22.9 Å². The monoisotopic (exact) mass is 504 g/mol. The van der Waals surface area contributed by atoms with Gasteiger partial charge in [0.25, 0.3) is 0 Å². The van der Waals surface area contributed by atoms with E-state index in [1.807, 2.05) is 0 Å². The van der Waals surface area contributed by atoms with Crippen molar-refractivity contribution in [1.82, 2.24) is 19.9 Å². The Kier molecular flexibility index (Phi) is 5.19. The number of hydrogen-bond donors (Lipinski definition) is 2. The van der Waals surface area contributed by atoms with Crippen molar-refractivity contribution in [3.05, 3.63) is 41.6 Å². The zero-order valence-electron chi connectivity index (χ0n) is 20.7. The van der Waals surface area contributed by atoms with Gasteiger partial charge in [-0.05, 0) is 36.1 Å². The normalized spacial score (nSPS) is 23.8. The van der Waals surface area contributed by atoms with Crippen molar-refractivity contribution in [1.29, 1.82) is 0 Å². The summed E-state index contributed by atoms with van der Waals surface area (Å²) in [6, 6.07) is 3.57. The molecule has 37 heavy (non-hydrogen) atoms. The third kappa shape index (κ3) is 3.84. The molecule has 2 aromatic heterocycles. The highest BCUT2D eigenvalue weighted by molar-refractivity contribution is 5.88. The Morgan fingerprint density at radius 3 is 2.62 bits per heavy atom. The van der Waals surface area contributed by atoms with Gasteiger partial charge in [0.2, 0.25) is 5.95 Å². The van der Waals surface area contributed by atoms with Gasteiger partial charge in [0.1, 0.15) is 11.6 Å². The first-order chi connectivity index (χ1) is 18.0. The van der Waals surface area contributed by atoms with Gasteiger partial charge in [0.15, 0.2) is 5.75 Å². The Morgan fingerprint density at radius 2 is 1.92 bits per heavy atom. The summed E-state index contributed by atoms with van der Waals surface area (Å²) < 4.78 is 26.1. The summed E-state index contributed by atoms with van der Waals surface area (Å²) >= 11 is 0. The van der Waals surface area contributed by atoms with E-state index in [-0.39, 0.29) is 23.3 Å². The number of hydrogen-bond acceptors (Lipinski definition) is 10. The minimum atomic E-state index is -0.290. The maximum atomic E-state index is 14.6. The summed E-state index contributed by atoms with van der Waals surface area (Å²) in [7, 11) is 1.80. The average molecular weight is 505 g/mol. The molecule has 2 saturated heterocycles. The van der Waals surface area contributed by atoms with E-state index in [0.29, 0.717) is 31.3 Å². The molecule has 3 aromatic rings. The average Bonchev–Trinajstić information content (AvgIpc) is 3.21. The number of fused-ring (bicyclic) bond motifs is 3. The van der Waals surface area contributed by atoms with Crippen LogP contribution in [-0.2, 0) is 11.2 Å². The lowest BCUT2D eigenvalue weighted by Crippen LogP contribution is -2.37. The van der Waals surface area contributed by atoms with Crippen molar-refractivity contribution in [2.75, 3.05) is 61.6 Å². The highest BCUT2D eigenvalue weighted by Gasteiger charge is 2.56. The lowest BCUT2D eigenvalue weighted by molar-refractivity contribution is 0.122. The maximum absolute atomic E-state index is 14.6. The summed E-state index contributed by atoms with van der Waals surface area (Å²) in [6.45, 7) is 4.52. The van der Waals surface area contributed by atoms with E-state index in [4.69, 9.17) is 25.2 Å².